The van der Waals surface area contributed by atoms with E-state index in [0.29, 0.717) is 0 Å². The van der Waals surface area contributed by atoms with Gasteiger partial charge in [-0.05, 0) is 5.92 Å². The summed E-state index contributed by atoms with van der Waals surface area (Å²) >= 11 is 0. The Balaban J connectivity index is 1.63. The fourth-order valence-corrected chi connectivity index (χ4v) is 1.97. The summed E-state index contributed by atoms with van der Waals surface area (Å²) in [6.07, 6.45) is 16.4. The Morgan fingerprint density at radius 1 is 0.769 bits per heavy atom. The van der Waals surface area contributed by atoms with Gasteiger partial charge in [-0.25, -0.2) is 0 Å². The summed E-state index contributed by atoms with van der Waals surface area (Å²) in [6, 6.07) is 0. The van der Waals surface area contributed by atoms with Gasteiger partial charge in [-0.3, -0.25) is 0 Å². The highest BCUT2D eigenvalue weighted by Gasteiger charge is 2.19. The SMILES string of the molecule is CCCCCCCCCCC1CC1. The highest BCUT2D eigenvalue weighted by Crippen LogP contribution is 2.34. The van der Waals surface area contributed by atoms with Gasteiger partial charge < -0.3 is 0 Å². The first-order valence-electron chi connectivity index (χ1n) is 6.43. The van der Waals surface area contributed by atoms with E-state index < -0.39 is 0 Å². The van der Waals surface area contributed by atoms with Crippen LogP contribution in [0.25, 0.3) is 0 Å². The van der Waals surface area contributed by atoms with Crippen LogP contribution in [0.5, 0.6) is 0 Å². The van der Waals surface area contributed by atoms with Crippen LogP contribution in [-0.4, -0.2) is 0 Å². The second kappa shape index (κ2) is 7.41. The van der Waals surface area contributed by atoms with Crippen molar-refractivity contribution < 1.29 is 0 Å². The zero-order valence-corrected chi connectivity index (χ0v) is 9.36. The molecular formula is C13H26. The van der Waals surface area contributed by atoms with Crippen LogP contribution in [0.3, 0.4) is 0 Å². The van der Waals surface area contributed by atoms with Crippen LogP contribution in [0.15, 0.2) is 0 Å². The average Bonchev–Trinajstić information content (AvgIpc) is 2.93. The van der Waals surface area contributed by atoms with Crippen LogP contribution >= 0.6 is 0 Å². The maximum absolute atomic E-state index is 2.29. The number of rotatable bonds is 9. The van der Waals surface area contributed by atoms with Crippen LogP contribution in [0.2, 0.25) is 0 Å². The normalized spacial score (nSPS) is 16.4. The Morgan fingerprint density at radius 3 is 1.85 bits per heavy atom. The lowest BCUT2D eigenvalue weighted by Crippen LogP contribution is -1.81. The molecular weight excluding hydrogens is 156 g/mol. The monoisotopic (exact) mass is 182 g/mol. The Kier molecular flexibility index (Phi) is 6.31. The molecule has 0 bridgehead atoms. The first-order chi connectivity index (χ1) is 6.43. The smallest absolute Gasteiger partial charge is 0.0414 e. The quantitative estimate of drug-likeness (QED) is 0.444. The van der Waals surface area contributed by atoms with Crippen LogP contribution in [0.1, 0.15) is 77.6 Å². The van der Waals surface area contributed by atoms with Crippen LogP contribution in [-0.2, 0) is 0 Å². The molecule has 0 radical (unpaired) electrons. The summed E-state index contributed by atoms with van der Waals surface area (Å²) < 4.78 is 0. The largest absolute Gasteiger partial charge is 0.0654 e. The second-order valence-electron chi connectivity index (χ2n) is 4.71. The zero-order valence-electron chi connectivity index (χ0n) is 9.36. The van der Waals surface area contributed by atoms with E-state index in [1.807, 2.05) is 0 Å². The summed E-state index contributed by atoms with van der Waals surface area (Å²) in [5.74, 6) is 1.15. The molecule has 0 heteroatoms. The van der Waals surface area contributed by atoms with Gasteiger partial charge in [0.1, 0.15) is 0 Å². The Morgan fingerprint density at radius 2 is 1.31 bits per heavy atom. The fourth-order valence-electron chi connectivity index (χ4n) is 1.97. The minimum absolute atomic E-state index is 1.15. The molecule has 1 saturated carbocycles. The summed E-state index contributed by atoms with van der Waals surface area (Å²) in [5, 5.41) is 0. The number of unbranched alkanes of at least 4 members (excludes halogenated alkanes) is 7. The van der Waals surface area contributed by atoms with Gasteiger partial charge in [-0.15, -0.1) is 0 Å². The van der Waals surface area contributed by atoms with E-state index in [4.69, 9.17) is 0 Å². The van der Waals surface area contributed by atoms with E-state index in [1.165, 1.54) is 70.6 Å². The first kappa shape index (κ1) is 11.1. The van der Waals surface area contributed by atoms with Crippen molar-refractivity contribution in [2.45, 2.75) is 77.6 Å². The molecule has 1 fully saturated rings. The molecule has 0 aromatic rings. The van der Waals surface area contributed by atoms with E-state index in [1.54, 1.807) is 0 Å². The molecule has 0 nitrogen and oxygen atoms in total. The lowest BCUT2D eigenvalue weighted by molar-refractivity contribution is 0.551. The lowest BCUT2D eigenvalue weighted by Gasteiger charge is -2.00. The van der Waals surface area contributed by atoms with E-state index in [-0.39, 0.29) is 0 Å². The van der Waals surface area contributed by atoms with Crippen molar-refractivity contribution in [1.82, 2.24) is 0 Å². The molecule has 1 aliphatic carbocycles. The maximum Gasteiger partial charge on any atom is -0.0414 e. The molecule has 0 aliphatic heterocycles. The molecule has 1 aliphatic rings. The van der Waals surface area contributed by atoms with Gasteiger partial charge in [0.05, 0.1) is 0 Å². The number of hydrogen-bond donors (Lipinski definition) is 0. The average molecular weight is 182 g/mol. The third-order valence-electron chi connectivity index (χ3n) is 3.16. The predicted molar refractivity (Wildman–Crippen MR) is 60.0 cm³/mol. The Labute approximate surface area is 84.1 Å². The van der Waals surface area contributed by atoms with Gasteiger partial charge in [0.2, 0.25) is 0 Å². The maximum atomic E-state index is 2.29. The van der Waals surface area contributed by atoms with Gasteiger partial charge in [0.25, 0.3) is 0 Å². The van der Waals surface area contributed by atoms with Crippen molar-refractivity contribution in [2.75, 3.05) is 0 Å². The molecule has 0 aromatic carbocycles. The van der Waals surface area contributed by atoms with E-state index >= 15 is 0 Å². The lowest BCUT2D eigenvalue weighted by atomic mass is 10.1. The molecule has 0 heterocycles. The summed E-state index contributed by atoms with van der Waals surface area (Å²) in [6.45, 7) is 2.29. The molecule has 0 N–H and O–H groups in total. The highest BCUT2D eigenvalue weighted by molar-refractivity contribution is 4.72. The van der Waals surface area contributed by atoms with Crippen molar-refractivity contribution >= 4 is 0 Å². The first-order valence-corrected chi connectivity index (χ1v) is 6.43. The van der Waals surface area contributed by atoms with Crippen LogP contribution < -0.4 is 0 Å². The van der Waals surface area contributed by atoms with Crippen LogP contribution in [0, 0.1) is 5.92 Å². The highest BCUT2D eigenvalue weighted by atomic mass is 14.3. The van der Waals surface area contributed by atoms with Gasteiger partial charge >= 0.3 is 0 Å². The van der Waals surface area contributed by atoms with Crippen LogP contribution in [0.4, 0.5) is 0 Å². The van der Waals surface area contributed by atoms with E-state index in [0.717, 1.165) is 5.92 Å². The van der Waals surface area contributed by atoms with Gasteiger partial charge in [-0.1, -0.05) is 77.6 Å². The molecule has 1 rings (SSSR count). The zero-order chi connectivity index (χ0) is 9.36. The molecule has 0 unspecified atom stereocenters. The summed E-state index contributed by atoms with van der Waals surface area (Å²) in [5.41, 5.74) is 0. The predicted octanol–water partition coefficient (Wildman–Crippen LogP) is 4.93. The Bertz CT molecular complexity index is 103. The molecule has 0 amide bonds. The molecule has 78 valence electrons. The molecule has 0 atom stereocenters. The van der Waals surface area contributed by atoms with Crippen molar-refractivity contribution in [2.24, 2.45) is 5.92 Å². The third-order valence-corrected chi connectivity index (χ3v) is 3.16. The molecule has 13 heavy (non-hydrogen) atoms. The molecule has 0 saturated heterocycles. The van der Waals surface area contributed by atoms with Crippen molar-refractivity contribution in [1.29, 1.82) is 0 Å². The van der Waals surface area contributed by atoms with Gasteiger partial charge in [-0.2, -0.15) is 0 Å². The molecule has 0 aromatic heterocycles. The minimum atomic E-state index is 1.15. The standard InChI is InChI=1S/C13H26/c1-2-3-4-5-6-7-8-9-10-13-11-12-13/h13H,2-12H2,1H3. The topological polar surface area (TPSA) is 0 Å². The molecule has 0 spiro atoms. The van der Waals surface area contributed by atoms with Crippen molar-refractivity contribution in [3.63, 3.8) is 0 Å². The Hall–Kier alpha value is 0. The van der Waals surface area contributed by atoms with Crippen molar-refractivity contribution in [3.05, 3.63) is 0 Å². The fraction of sp³-hybridized carbons (Fsp3) is 1.00. The second-order valence-corrected chi connectivity index (χ2v) is 4.71. The summed E-state index contributed by atoms with van der Waals surface area (Å²) in [4.78, 5) is 0. The van der Waals surface area contributed by atoms with Gasteiger partial charge in [0, 0.05) is 0 Å². The number of hydrogen-bond acceptors (Lipinski definition) is 0. The van der Waals surface area contributed by atoms with E-state index in [2.05, 4.69) is 6.92 Å². The third kappa shape index (κ3) is 7.10. The summed E-state index contributed by atoms with van der Waals surface area (Å²) in [7, 11) is 0. The van der Waals surface area contributed by atoms with E-state index in [9.17, 15) is 0 Å². The van der Waals surface area contributed by atoms with Gasteiger partial charge in [0.15, 0.2) is 0 Å². The van der Waals surface area contributed by atoms with Crippen molar-refractivity contribution in [3.8, 4) is 0 Å². The minimum Gasteiger partial charge on any atom is -0.0654 e.